The first-order valence-electron chi connectivity index (χ1n) is 10.8. The summed E-state index contributed by atoms with van der Waals surface area (Å²) in [6.07, 6.45) is 8.89. The number of carbonyl (C=O) groups excluding carboxylic acids is 1. The maximum absolute atomic E-state index is 13.5. The molecule has 4 saturated carbocycles. The summed E-state index contributed by atoms with van der Waals surface area (Å²) in [6.45, 7) is 5.96. The lowest BCUT2D eigenvalue weighted by Gasteiger charge is -2.57. The Bertz CT molecular complexity index is 654. The molecule has 1 saturated heterocycles. The highest BCUT2D eigenvalue weighted by atomic mass is 16.2. The van der Waals surface area contributed by atoms with Crippen molar-refractivity contribution >= 4 is 11.6 Å². The third kappa shape index (κ3) is 2.75. The van der Waals surface area contributed by atoms with Gasteiger partial charge in [-0.1, -0.05) is 19.1 Å². The van der Waals surface area contributed by atoms with Gasteiger partial charge in [0.05, 0.1) is 5.41 Å². The van der Waals surface area contributed by atoms with Crippen LogP contribution in [-0.2, 0) is 11.2 Å². The molecule has 5 aliphatic rings. The zero-order chi connectivity index (χ0) is 17.7. The van der Waals surface area contributed by atoms with Crippen molar-refractivity contribution < 1.29 is 4.79 Å². The Morgan fingerprint density at radius 2 is 1.62 bits per heavy atom. The number of nitrogens with zero attached hydrogens (tertiary/aromatic N) is 2. The zero-order valence-corrected chi connectivity index (χ0v) is 16.1. The number of hydrogen-bond donors (Lipinski definition) is 0. The van der Waals surface area contributed by atoms with E-state index in [9.17, 15) is 4.79 Å². The molecule has 0 aromatic heterocycles. The molecule has 3 heteroatoms. The first kappa shape index (κ1) is 16.6. The quantitative estimate of drug-likeness (QED) is 0.817. The van der Waals surface area contributed by atoms with Crippen LogP contribution in [0, 0.1) is 23.2 Å². The number of amides is 1. The third-order valence-electron chi connectivity index (χ3n) is 7.74. The van der Waals surface area contributed by atoms with E-state index in [1.807, 2.05) is 0 Å². The van der Waals surface area contributed by atoms with Crippen LogP contribution >= 0.6 is 0 Å². The highest BCUT2D eigenvalue weighted by Gasteiger charge is 2.55. The van der Waals surface area contributed by atoms with Crippen molar-refractivity contribution in [3.63, 3.8) is 0 Å². The fourth-order valence-electron chi connectivity index (χ4n) is 6.85. The molecule has 0 radical (unpaired) electrons. The van der Waals surface area contributed by atoms with Crippen LogP contribution in [0.4, 0.5) is 5.69 Å². The third-order valence-corrected chi connectivity index (χ3v) is 7.74. The number of anilines is 1. The Labute approximate surface area is 157 Å². The minimum Gasteiger partial charge on any atom is -0.368 e. The first-order valence-corrected chi connectivity index (χ1v) is 10.8. The van der Waals surface area contributed by atoms with E-state index in [2.05, 4.69) is 41.0 Å². The van der Waals surface area contributed by atoms with Gasteiger partial charge in [-0.25, -0.2) is 0 Å². The van der Waals surface area contributed by atoms with Gasteiger partial charge >= 0.3 is 0 Å². The number of rotatable bonds is 3. The maximum atomic E-state index is 13.5. The van der Waals surface area contributed by atoms with Gasteiger partial charge in [-0.3, -0.25) is 4.79 Å². The number of hydrogen-bond acceptors (Lipinski definition) is 2. The van der Waals surface area contributed by atoms with E-state index in [0.717, 1.165) is 50.4 Å². The largest absolute Gasteiger partial charge is 0.368 e. The lowest BCUT2D eigenvalue weighted by atomic mass is 9.49. The summed E-state index contributed by atoms with van der Waals surface area (Å²) in [4.78, 5) is 18.2. The molecule has 3 nitrogen and oxygen atoms in total. The van der Waals surface area contributed by atoms with Crippen LogP contribution in [0.5, 0.6) is 0 Å². The zero-order valence-electron chi connectivity index (χ0n) is 16.1. The molecule has 1 heterocycles. The number of aryl methyl sites for hydroxylation is 1. The van der Waals surface area contributed by atoms with Gasteiger partial charge in [0.1, 0.15) is 0 Å². The van der Waals surface area contributed by atoms with E-state index in [-0.39, 0.29) is 5.41 Å². The van der Waals surface area contributed by atoms with Crippen LogP contribution < -0.4 is 4.90 Å². The molecule has 6 rings (SSSR count). The summed E-state index contributed by atoms with van der Waals surface area (Å²) < 4.78 is 0. The number of carbonyl (C=O) groups is 1. The average molecular weight is 353 g/mol. The van der Waals surface area contributed by atoms with Gasteiger partial charge < -0.3 is 9.80 Å². The Balaban J connectivity index is 1.26. The predicted molar refractivity (Wildman–Crippen MR) is 105 cm³/mol. The van der Waals surface area contributed by atoms with Crippen LogP contribution in [0.25, 0.3) is 0 Å². The van der Waals surface area contributed by atoms with Crippen molar-refractivity contribution in [2.75, 3.05) is 31.1 Å². The van der Waals surface area contributed by atoms with Gasteiger partial charge in [0.2, 0.25) is 5.91 Å². The molecule has 140 valence electrons. The van der Waals surface area contributed by atoms with Gasteiger partial charge in [-0.05, 0) is 80.4 Å². The summed E-state index contributed by atoms with van der Waals surface area (Å²) in [6, 6.07) is 8.91. The molecule has 4 aliphatic carbocycles. The van der Waals surface area contributed by atoms with Crippen molar-refractivity contribution in [1.29, 1.82) is 0 Å². The lowest BCUT2D eigenvalue weighted by Crippen LogP contribution is -2.58. The molecule has 0 spiro atoms. The average Bonchev–Trinajstić information content (AvgIpc) is 2.66. The van der Waals surface area contributed by atoms with Crippen molar-refractivity contribution in [1.82, 2.24) is 4.90 Å². The molecule has 1 aromatic carbocycles. The molecule has 26 heavy (non-hydrogen) atoms. The van der Waals surface area contributed by atoms with Crippen LogP contribution in [-0.4, -0.2) is 37.0 Å². The second-order valence-electron chi connectivity index (χ2n) is 9.50. The normalized spacial score (nSPS) is 35.8. The second-order valence-corrected chi connectivity index (χ2v) is 9.50. The second kappa shape index (κ2) is 6.28. The van der Waals surface area contributed by atoms with E-state index in [1.165, 1.54) is 49.8 Å². The SMILES string of the molecule is CCc1cccc(N2CCN(C(=O)C34CC5CC(CC(C5)C3)C4)CC2)c1. The Morgan fingerprint density at radius 3 is 2.19 bits per heavy atom. The summed E-state index contributed by atoms with van der Waals surface area (Å²) >= 11 is 0. The Hall–Kier alpha value is -1.51. The highest BCUT2D eigenvalue weighted by molar-refractivity contribution is 5.83. The number of benzene rings is 1. The fourth-order valence-corrected chi connectivity index (χ4v) is 6.85. The minimum absolute atomic E-state index is 0.0268. The fraction of sp³-hybridized carbons (Fsp3) is 0.696. The molecule has 0 unspecified atom stereocenters. The number of piperazine rings is 1. The van der Waals surface area contributed by atoms with Gasteiger partial charge in [-0.15, -0.1) is 0 Å². The summed E-state index contributed by atoms with van der Waals surface area (Å²) in [5, 5.41) is 0. The van der Waals surface area contributed by atoms with E-state index >= 15 is 0 Å². The standard InChI is InChI=1S/C23H32N2O/c1-2-17-4-3-5-21(13-17)24-6-8-25(9-7-24)22(26)23-14-18-10-19(15-23)12-20(11-18)16-23/h3-5,13,18-20H,2,6-12,14-16H2,1H3. The monoisotopic (exact) mass is 352 g/mol. The Morgan fingerprint density at radius 1 is 1.00 bits per heavy atom. The molecule has 0 N–H and O–H groups in total. The summed E-state index contributed by atoms with van der Waals surface area (Å²) in [5.74, 6) is 3.06. The van der Waals surface area contributed by atoms with Gasteiger partial charge in [0.25, 0.3) is 0 Å². The molecule has 1 aromatic rings. The van der Waals surface area contributed by atoms with Crippen molar-refractivity contribution in [3.8, 4) is 0 Å². The predicted octanol–water partition coefficient (Wildman–Crippen LogP) is 4.11. The topological polar surface area (TPSA) is 23.6 Å². The van der Waals surface area contributed by atoms with Gasteiger partial charge in [0.15, 0.2) is 0 Å². The maximum Gasteiger partial charge on any atom is 0.228 e. The Kier molecular flexibility index (Phi) is 4.02. The van der Waals surface area contributed by atoms with Crippen LogP contribution in [0.1, 0.15) is 51.0 Å². The van der Waals surface area contributed by atoms with E-state index in [1.54, 1.807) is 0 Å². The molecular weight excluding hydrogens is 320 g/mol. The lowest BCUT2D eigenvalue weighted by molar-refractivity contribution is -0.158. The molecule has 1 aliphatic heterocycles. The summed E-state index contributed by atoms with van der Waals surface area (Å²) in [5.41, 5.74) is 2.75. The first-order chi connectivity index (χ1) is 12.6. The molecule has 0 atom stereocenters. The van der Waals surface area contributed by atoms with E-state index in [4.69, 9.17) is 0 Å². The van der Waals surface area contributed by atoms with Crippen molar-refractivity contribution in [2.24, 2.45) is 23.2 Å². The molecule has 4 bridgehead atoms. The van der Waals surface area contributed by atoms with Crippen molar-refractivity contribution in [3.05, 3.63) is 29.8 Å². The van der Waals surface area contributed by atoms with E-state index < -0.39 is 0 Å². The molecule has 1 amide bonds. The van der Waals surface area contributed by atoms with Crippen LogP contribution in [0.2, 0.25) is 0 Å². The molecule has 5 fully saturated rings. The van der Waals surface area contributed by atoms with Gasteiger partial charge in [0, 0.05) is 31.9 Å². The van der Waals surface area contributed by atoms with Crippen molar-refractivity contribution in [2.45, 2.75) is 51.9 Å². The van der Waals surface area contributed by atoms with Gasteiger partial charge in [-0.2, -0.15) is 0 Å². The smallest absolute Gasteiger partial charge is 0.228 e. The highest BCUT2D eigenvalue weighted by Crippen LogP contribution is 2.60. The van der Waals surface area contributed by atoms with Crippen LogP contribution in [0.15, 0.2) is 24.3 Å². The minimum atomic E-state index is 0.0268. The summed E-state index contributed by atoms with van der Waals surface area (Å²) in [7, 11) is 0. The van der Waals surface area contributed by atoms with Crippen LogP contribution in [0.3, 0.4) is 0 Å². The van der Waals surface area contributed by atoms with E-state index in [0.29, 0.717) is 5.91 Å². The molecular formula is C23H32N2O.